The fourth-order valence-corrected chi connectivity index (χ4v) is 2.38. The van der Waals surface area contributed by atoms with Gasteiger partial charge in [-0.15, -0.1) is 0 Å². The zero-order chi connectivity index (χ0) is 13.5. The highest BCUT2D eigenvalue weighted by Crippen LogP contribution is 2.29. The summed E-state index contributed by atoms with van der Waals surface area (Å²) >= 11 is 0. The van der Waals surface area contributed by atoms with E-state index < -0.39 is 6.10 Å². The quantitative estimate of drug-likeness (QED) is 0.801. The highest BCUT2D eigenvalue weighted by Gasteiger charge is 2.23. The van der Waals surface area contributed by atoms with Crippen LogP contribution in [0.25, 0.3) is 0 Å². The predicted octanol–water partition coefficient (Wildman–Crippen LogP) is 3.33. The van der Waals surface area contributed by atoms with E-state index in [1.807, 2.05) is 24.3 Å². The van der Waals surface area contributed by atoms with Crippen molar-refractivity contribution in [3.8, 4) is 5.75 Å². The molecule has 2 rings (SSSR count). The molecule has 0 saturated carbocycles. The smallest absolute Gasteiger partial charge is 0.119 e. The molecule has 0 spiro atoms. The van der Waals surface area contributed by atoms with Gasteiger partial charge in [-0.3, -0.25) is 0 Å². The Morgan fingerprint density at radius 1 is 1.37 bits per heavy atom. The lowest BCUT2D eigenvalue weighted by Gasteiger charge is -2.27. The minimum absolute atomic E-state index is 0.223. The molecule has 1 aliphatic heterocycles. The van der Waals surface area contributed by atoms with Crippen molar-refractivity contribution in [2.75, 3.05) is 19.8 Å². The lowest BCUT2D eigenvalue weighted by Crippen LogP contribution is -2.23. The Labute approximate surface area is 115 Å². The fourth-order valence-electron chi connectivity index (χ4n) is 2.38. The van der Waals surface area contributed by atoms with E-state index in [9.17, 15) is 5.11 Å². The fraction of sp³-hybridized carbons (Fsp3) is 0.625. The van der Waals surface area contributed by atoms with Crippen molar-refractivity contribution in [2.45, 2.75) is 38.7 Å². The Bertz CT molecular complexity index is 355. The second-order valence-corrected chi connectivity index (χ2v) is 5.19. The number of benzene rings is 1. The van der Waals surface area contributed by atoms with Gasteiger partial charge in [0.25, 0.3) is 0 Å². The zero-order valence-electron chi connectivity index (χ0n) is 11.7. The number of hydrogen-bond donors (Lipinski definition) is 1. The van der Waals surface area contributed by atoms with E-state index in [4.69, 9.17) is 9.47 Å². The molecule has 1 aromatic carbocycles. The molecule has 1 aliphatic rings. The molecular weight excluding hydrogens is 240 g/mol. The molecule has 0 aromatic heterocycles. The first-order valence-corrected chi connectivity index (χ1v) is 7.30. The minimum atomic E-state index is -0.426. The van der Waals surface area contributed by atoms with Crippen LogP contribution < -0.4 is 4.74 Å². The van der Waals surface area contributed by atoms with E-state index in [-0.39, 0.29) is 5.92 Å². The maximum absolute atomic E-state index is 10.3. The summed E-state index contributed by atoms with van der Waals surface area (Å²) in [6.45, 7) is 4.40. The van der Waals surface area contributed by atoms with Crippen LogP contribution in [0.1, 0.15) is 44.3 Å². The summed E-state index contributed by atoms with van der Waals surface area (Å²) in [5.41, 5.74) is 0.957. The third-order valence-corrected chi connectivity index (χ3v) is 3.63. The predicted molar refractivity (Wildman–Crippen MR) is 75.3 cm³/mol. The van der Waals surface area contributed by atoms with Crippen molar-refractivity contribution in [2.24, 2.45) is 5.92 Å². The van der Waals surface area contributed by atoms with Crippen LogP contribution in [0.15, 0.2) is 24.3 Å². The molecule has 1 heterocycles. The summed E-state index contributed by atoms with van der Waals surface area (Å²) < 4.78 is 11.0. The molecular formula is C16H24O3. The standard InChI is InChI=1S/C16H24O3/c1-2-3-11-19-15-8-6-13(7-9-15)16(17)14-5-4-10-18-12-14/h6-9,14,16-17H,2-5,10-12H2,1H3. The number of aliphatic hydroxyl groups is 1. The molecule has 0 bridgehead atoms. The normalized spacial score (nSPS) is 21.1. The average molecular weight is 264 g/mol. The second kappa shape index (κ2) is 7.51. The van der Waals surface area contributed by atoms with Crippen LogP contribution in [0.3, 0.4) is 0 Å². The lowest BCUT2D eigenvalue weighted by molar-refractivity contribution is -0.00997. The number of ether oxygens (including phenoxy) is 2. The lowest BCUT2D eigenvalue weighted by atomic mass is 9.91. The van der Waals surface area contributed by atoms with Crippen LogP contribution >= 0.6 is 0 Å². The summed E-state index contributed by atoms with van der Waals surface area (Å²) in [6.07, 6.45) is 3.86. The Kier molecular flexibility index (Phi) is 5.67. The van der Waals surface area contributed by atoms with Gasteiger partial charge in [0, 0.05) is 12.5 Å². The van der Waals surface area contributed by atoms with Gasteiger partial charge in [-0.25, -0.2) is 0 Å². The zero-order valence-corrected chi connectivity index (χ0v) is 11.7. The molecule has 1 fully saturated rings. The third kappa shape index (κ3) is 4.22. The van der Waals surface area contributed by atoms with Crippen molar-refractivity contribution >= 4 is 0 Å². The van der Waals surface area contributed by atoms with Gasteiger partial charge in [0.05, 0.1) is 19.3 Å². The highest BCUT2D eigenvalue weighted by molar-refractivity contribution is 5.28. The van der Waals surface area contributed by atoms with Gasteiger partial charge in [0.1, 0.15) is 5.75 Å². The van der Waals surface area contributed by atoms with Crippen molar-refractivity contribution in [1.82, 2.24) is 0 Å². The van der Waals surface area contributed by atoms with Gasteiger partial charge in [-0.2, -0.15) is 0 Å². The Hall–Kier alpha value is -1.06. The van der Waals surface area contributed by atoms with Crippen LogP contribution in [0, 0.1) is 5.92 Å². The van der Waals surface area contributed by atoms with E-state index in [1.165, 1.54) is 0 Å². The molecule has 3 heteroatoms. The molecule has 3 nitrogen and oxygen atoms in total. The van der Waals surface area contributed by atoms with Crippen molar-refractivity contribution < 1.29 is 14.6 Å². The summed E-state index contributed by atoms with van der Waals surface area (Å²) in [4.78, 5) is 0. The monoisotopic (exact) mass is 264 g/mol. The molecule has 0 aliphatic carbocycles. The summed E-state index contributed by atoms with van der Waals surface area (Å²) in [5, 5.41) is 10.3. The molecule has 1 saturated heterocycles. The van der Waals surface area contributed by atoms with Crippen molar-refractivity contribution in [3.63, 3.8) is 0 Å². The third-order valence-electron chi connectivity index (χ3n) is 3.63. The topological polar surface area (TPSA) is 38.7 Å². The summed E-state index contributed by atoms with van der Waals surface area (Å²) in [5.74, 6) is 1.10. The van der Waals surface area contributed by atoms with Crippen molar-refractivity contribution in [1.29, 1.82) is 0 Å². The number of unbranched alkanes of at least 4 members (excludes halogenated alkanes) is 1. The molecule has 1 aromatic rings. The molecule has 1 N–H and O–H groups in total. The molecule has 0 amide bonds. The number of rotatable bonds is 6. The maximum atomic E-state index is 10.3. The number of hydrogen-bond acceptors (Lipinski definition) is 3. The Balaban J connectivity index is 1.89. The molecule has 106 valence electrons. The SMILES string of the molecule is CCCCOc1ccc(C(O)C2CCCOC2)cc1. The van der Waals surface area contributed by atoms with Gasteiger partial charge in [0.15, 0.2) is 0 Å². The van der Waals surface area contributed by atoms with E-state index in [2.05, 4.69) is 6.92 Å². The summed E-state index contributed by atoms with van der Waals surface area (Å²) in [6, 6.07) is 7.80. The Morgan fingerprint density at radius 2 is 2.16 bits per heavy atom. The van der Waals surface area contributed by atoms with Crippen LogP contribution in [-0.2, 0) is 4.74 Å². The van der Waals surface area contributed by atoms with Crippen LogP contribution in [-0.4, -0.2) is 24.9 Å². The van der Waals surface area contributed by atoms with E-state index in [1.54, 1.807) is 0 Å². The molecule has 0 radical (unpaired) electrons. The van der Waals surface area contributed by atoms with E-state index >= 15 is 0 Å². The molecule has 2 unspecified atom stereocenters. The highest BCUT2D eigenvalue weighted by atomic mass is 16.5. The Morgan fingerprint density at radius 3 is 2.79 bits per heavy atom. The maximum Gasteiger partial charge on any atom is 0.119 e. The van der Waals surface area contributed by atoms with Crippen LogP contribution in [0.4, 0.5) is 0 Å². The number of aliphatic hydroxyl groups excluding tert-OH is 1. The average Bonchev–Trinajstić information content (AvgIpc) is 2.48. The van der Waals surface area contributed by atoms with Gasteiger partial charge in [0.2, 0.25) is 0 Å². The first-order chi connectivity index (χ1) is 9.31. The minimum Gasteiger partial charge on any atom is -0.494 e. The second-order valence-electron chi connectivity index (χ2n) is 5.19. The first kappa shape index (κ1) is 14.4. The van der Waals surface area contributed by atoms with Gasteiger partial charge in [-0.1, -0.05) is 25.5 Å². The molecule has 19 heavy (non-hydrogen) atoms. The van der Waals surface area contributed by atoms with E-state index in [0.717, 1.165) is 50.2 Å². The molecule has 2 atom stereocenters. The van der Waals surface area contributed by atoms with E-state index in [0.29, 0.717) is 6.61 Å². The van der Waals surface area contributed by atoms with Gasteiger partial charge < -0.3 is 14.6 Å². The largest absolute Gasteiger partial charge is 0.494 e. The van der Waals surface area contributed by atoms with Gasteiger partial charge >= 0.3 is 0 Å². The van der Waals surface area contributed by atoms with Gasteiger partial charge in [-0.05, 0) is 37.0 Å². The summed E-state index contributed by atoms with van der Waals surface area (Å²) in [7, 11) is 0. The van der Waals surface area contributed by atoms with Crippen molar-refractivity contribution in [3.05, 3.63) is 29.8 Å². The van der Waals surface area contributed by atoms with Crippen LogP contribution in [0.2, 0.25) is 0 Å². The first-order valence-electron chi connectivity index (χ1n) is 7.30. The van der Waals surface area contributed by atoms with Crippen LogP contribution in [0.5, 0.6) is 5.75 Å².